The second-order valence-corrected chi connectivity index (χ2v) is 7.33. The smallest absolute Gasteiger partial charge is 0.416 e. The van der Waals surface area contributed by atoms with E-state index in [4.69, 9.17) is 4.74 Å². The molecule has 1 fully saturated rings. The van der Waals surface area contributed by atoms with Gasteiger partial charge in [0.25, 0.3) is 0 Å². The maximum Gasteiger partial charge on any atom is 0.416 e. The van der Waals surface area contributed by atoms with Crippen molar-refractivity contribution in [2.75, 3.05) is 29.9 Å². The van der Waals surface area contributed by atoms with Gasteiger partial charge in [-0.15, -0.1) is 0 Å². The second kappa shape index (κ2) is 8.06. The molecule has 1 heterocycles. The Morgan fingerprint density at radius 3 is 2.33 bits per heavy atom. The summed E-state index contributed by atoms with van der Waals surface area (Å²) in [5, 5.41) is 4.75. The van der Waals surface area contributed by atoms with Crippen molar-refractivity contribution in [3.05, 3.63) is 23.8 Å². The molecule has 1 aromatic rings. The van der Waals surface area contributed by atoms with E-state index in [0.29, 0.717) is 18.8 Å². The Balaban J connectivity index is 2.10. The Bertz CT molecular complexity index is 693. The van der Waals surface area contributed by atoms with Gasteiger partial charge in [-0.2, -0.15) is 13.2 Å². The van der Waals surface area contributed by atoms with Crippen LogP contribution < -0.4 is 15.5 Å². The highest BCUT2D eigenvalue weighted by Crippen LogP contribution is 2.36. The fourth-order valence-electron chi connectivity index (χ4n) is 2.71. The monoisotopic (exact) mass is 387 g/mol. The quantitative estimate of drug-likeness (QED) is 0.825. The molecule has 0 spiro atoms. The number of rotatable bonds is 4. The van der Waals surface area contributed by atoms with Crippen LogP contribution in [0.4, 0.5) is 29.3 Å². The zero-order chi connectivity index (χ0) is 20.2. The summed E-state index contributed by atoms with van der Waals surface area (Å²) < 4.78 is 44.1. The lowest BCUT2D eigenvalue weighted by Gasteiger charge is -2.23. The van der Waals surface area contributed by atoms with Crippen LogP contribution in [0.5, 0.6) is 0 Å². The molecule has 0 atom stereocenters. The van der Waals surface area contributed by atoms with Gasteiger partial charge in [0.05, 0.1) is 16.9 Å². The van der Waals surface area contributed by atoms with Gasteiger partial charge in [-0.3, -0.25) is 4.79 Å². The summed E-state index contributed by atoms with van der Waals surface area (Å²) in [6.07, 6.45) is -3.41. The van der Waals surface area contributed by atoms with Gasteiger partial charge in [0.15, 0.2) is 0 Å². The normalized spacial score (nSPS) is 14.8. The lowest BCUT2D eigenvalue weighted by molar-refractivity contribution is -0.137. The molecule has 1 saturated heterocycles. The number of ether oxygens (including phenoxy) is 1. The summed E-state index contributed by atoms with van der Waals surface area (Å²) in [7, 11) is 0. The first kappa shape index (κ1) is 20.9. The third-order valence-corrected chi connectivity index (χ3v) is 3.84. The summed E-state index contributed by atoms with van der Waals surface area (Å²) in [5.41, 5.74) is -0.959. The van der Waals surface area contributed by atoms with Crippen LogP contribution in [-0.4, -0.2) is 37.2 Å². The first-order valence-corrected chi connectivity index (χ1v) is 8.68. The standard InChI is InChI=1S/C18H24F3N3O3/c1-17(2,3)27-16(26)22-11-15(25)23-13-10-12(18(19,20)21)6-7-14(13)24-8-4-5-9-24/h6-7,10H,4-5,8-9,11H2,1-3H3,(H,22,26)(H,23,25). The Morgan fingerprint density at radius 1 is 1.15 bits per heavy atom. The van der Waals surface area contributed by atoms with Crippen LogP contribution in [0.25, 0.3) is 0 Å². The van der Waals surface area contributed by atoms with Gasteiger partial charge >= 0.3 is 12.3 Å². The van der Waals surface area contributed by atoms with E-state index in [0.717, 1.165) is 25.0 Å². The predicted molar refractivity (Wildman–Crippen MR) is 95.8 cm³/mol. The zero-order valence-corrected chi connectivity index (χ0v) is 15.6. The van der Waals surface area contributed by atoms with Crippen LogP contribution in [0.3, 0.4) is 0 Å². The van der Waals surface area contributed by atoms with Gasteiger partial charge in [-0.05, 0) is 51.8 Å². The predicted octanol–water partition coefficient (Wildman–Crippen LogP) is 3.77. The molecule has 1 aliphatic heterocycles. The summed E-state index contributed by atoms with van der Waals surface area (Å²) in [5.74, 6) is -0.638. The van der Waals surface area contributed by atoms with E-state index in [2.05, 4.69) is 10.6 Å². The van der Waals surface area contributed by atoms with Gasteiger partial charge in [0, 0.05) is 13.1 Å². The summed E-state index contributed by atoms with van der Waals surface area (Å²) in [6, 6.07) is 3.28. The van der Waals surface area contributed by atoms with E-state index in [1.807, 2.05) is 4.90 Å². The maximum absolute atomic E-state index is 13.0. The molecule has 2 rings (SSSR count). The highest BCUT2D eigenvalue weighted by atomic mass is 19.4. The highest BCUT2D eigenvalue weighted by Gasteiger charge is 2.32. The molecule has 1 aliphatic rings. The third-order valence-electron chi connectivity index (χ3n) is 3.84. The molecule has 150 valence electrons. The molecule has 2 N–H and O–H groups in total. The maximum atomic E-state index is 13.0. The second-order valence-electron chi connectivity index (χ2n) is 7.33. The molecule has 0 saturated carbocycles. The first-order chi connectivity index (χ1) is 12.5. The first-order valence-electron chi connectivity index (χ1n) is 8.68. The average Bonchev–Trinajstić information content (AvgIpc) is 3.04. The zero-order valence-electron chi connectivity index (χ0n) is 15.6. The van der Waals surface area contributed by atoms with Gasteiger partial charge in [-0.25, -0.2) is 4.79 Å². The SMILES string of the molecule is CC(C)(C)OC(=O)NCC(=O)Nc1cc(C(F)(F)F)ccc1N1CCCC1. The largest absolute Gasteiger partial charge is 0.444 e. The number of carbonyl (C=O) groups excluding carboxylic acids is 2. The molecule has 0 bridgehead atoms. The van der Waals surface area contributed by atoms with E-state index in [1.54, 1.807) is 20.8 Å². The number of alkyl carbamates (subject to hydrolysis) is 1. The minimum Gasteiger partial charge on any atom is -0.444 e. The van der Waals surface area contributed by atoms with Crippen molar-refractivity contribution in [1.29, 1.82) is 0 Å². The number of carbonyl (C=O) groups is 2. The number of hydrogen-bond donors (Lipinski definition) is 2. The van der Waals surface area contributed by atoms with Crippen LogP contribution >= 0.6 is 0 Å². The van der Waals surface area contributed by atoms with Crippen molar-refractivity contribution in [2.24, 2.45) is 0 Å². The van der Waals surface area contributed by atoms with Crippen LogP contribution in [0.15, 0.2) is 18.2 Å². The molecule has 9 heteroatoms. The van der Waals surface area contributed by atoms with E-state index >= 15 is 0 Å². The lowest BCUT2D eigenvalue weighted by atomic mass is 10.1. The topological polar surface area (TPSA) is 70.7 Å². The fourth-order valence-corrected chi connectivity index (χ4v) is 2.71. The molecule has 0 aliphatic carbocycles. The van der Waals surface area contributed by atoms with Crippen LogP contribution in [0, 0.1) is 0 Å². The molecule has 0 radical (unpaired) electrons. The number of amides is 2. The molecule has 0 unspecified atom stereocenters. The number of nitrogens with one attached hydrogen (secondary N) is 2. The Hall–Kier alpha value is -2.45. The minimum atomic E-state index is -4.52. The fraction of sp³-hybridized carbons (Fsp3) is 0.556. The van der Waals surface area contributed by atoms with E-state index < -0.39 is 35.9 Å². The molecular weight excluding hydrogens is 363 g/mol. The van der Waals surface area contributed by atoms with Crippen molar-refractivity contribution in [1.82, 2.24) is 5.32 Å². The average molecular weight is 387 g/mol. The summed E-state index contributed by atoms with van der Waals surface area (Å²) in [6.45, 7) is 6.05. The third kappa shape index (κ3) is 6.33. The molecule has 0 aromatic heterocycles. The molecule has 27 heavy (non-hydrogen) atoms. The van der Waals surface area contributed by atoms with Crippen molar-refractivity contribution >= 4 is 23.4 Å². The Morgan fingerprint density at radius 2 is 1.78 bits per heavy atom. The number of anilines is 2. The van der Waals surface area contributed by atoms with Gasteiger partial charge < -0.3 is 20.3 Å². The molecular formula is C18H24F3N3O3. The van der Waals surface area contributed by atoms with E-state index in [-0.39, 0.29) is 5.69 Å². The number of benzene rings is 1. The van der Waals surface area contributed by atoms with Crippen molar-refractivity contribution < 1.29 is 27.5 Å². The highest BCUT2D eigenvalue weighted by molar-refractivity contribution is 5.97. The van der Waals surface area contributed by atoms with Crippen LogP contribution in [0.1, 0.15) is 39.2 Å². The van der Waals surface area contributed by atoms with Crippen LogP contribution in [-0.2, 0) is 15.7 Å². The summed E-state index contributed by atoms with van der Waals surface area (Å²) in [4.78, 5) is 25.7. The number of hydrogen-bond acceptors (Lipinski definition) is 4. The molecule has 1 aromatic carbocycles. The molecule has 6 nitrogen and oxygen atoms in total. The van der Waals surface area contributed by atoms with E-state index in [9.17, 15) is 22.8 Å². The number of nitrogens with zero attached hydrogens (tertiary/aromatic N) is 1. The molecule has 2 amide bonds. The van der Waals surface area contributed by atoms with Gasteiger partial charge in [-0.1, -0.05) is 0 Å². The lowest BCUT2D eigenvalue weighted by Crippen LogP contribution is -2.37. The minimum absolute atomic E-state index is 0.0720. The van der Waals surface area contributed by atoms with Crippen LogP contribution in [0.2, 0.25) is 0 Å². The van der Waals surface area contributed by atoms with Gasteiger partial charge in [0.2, 0.25) is 5.91 Å². The Kier molecular flexibility index (Phi) is 6.22. The number of halogens is 3. The van der Waals surface area contributed by atoms with Crippen molar-refractivity contribution in [3.63, 3.8) is 0 Å². The summed E-state index contributed by atoms with van der Waals surface area (Å²) >= 11 is 0. The van der Waals surface area contributed by atoms with E-state index in [1.165, 1.54) is 6.07 Å². The Labute approximate surface area is 156 Å². The number of alkyl halides is 3. The van der Waals surface area contributed by atoms with Crippen molar-refractivity contribution in [2.45, 2.75) is 45.4 Å². The van der Waals surface area contributed by atoms with Crippen molar-refractivity contribution in [3.8, 4) is 0 Å². The van der Waals surface area contributed by atoms with Gasteiger partial charge in [0.1, 0.15) is 12.1 Å².